The van der Waals surface area contributed by atoms with Gasteiger partial charge in [-0.15, -0.1) is 0 Å². The van der Waals surface area contributed by atoms with E-state index < -0.39 is 11.6 Å². The zero-order chi connectivity index (χ0) is 33.4. The SMILES string of the molecule is C.C.C.C.CC1CCC(C)CC1.Cc1ccc(C)c(F)c1.Cc1ccc(C)c(F)c1.Cc1ccc(C)c(F)c1F.Cc1ccc(C)cc1.[HH]. The van der Waals surface area contributed by atoms with Crippen LogP contribution in [0.2, 0.25) is 0 Å². The molecule has 4 aromatic rings. The first-order valence-corrected chi connectivity index (χ1v) is 15.5. The summed E-state index contributed by atoms with van der Waals surface area (Å²) in [4.78, 5) is 0. The molecule has 1 aliphatic carbocycles. The molecule has 48 heavy (non-hydrogen) atoms. The van der Waals surface area contributed by atoms with E-state index in [1.165, 1.54) is 62.8 Å². The third kappa shape index (κ3) is 20.8. The van der Waals surface area contributed by atoms with E-state index in [2.05, 4.69) is 52.0 Å². The summed E-state index contributed by atoms with van der Waals surface area (Å²) in [6, 6.07) is 22.0. The first-order chi connectivity index (χ1) is 20.6. The molecular weight excluding hydrogens is 604 g/mol. The lowest BCUT2D eigenvalue weighted by Gasteiger charge is -2.22. The van der Waals surface area contributed by atoms with E-state index in [1.807, 2.05) is 26.0 Å². The molecule has 0 radical (unpaired) electrons. The maximum absolute atomic E-state index is 12.6. The first-order valence-electron chi connectivity index (χ1n) is 15.5. The van der Waals surface area contributed by atoms with Crippen molar-refractivity contribution in [3.8, 4) is 0 Å². The molecule has 4 aromatic carbocycles. The summed E-state index contributed by atoms with van der Waals surface area (Å²) < 4.78 is 50.4. The van der Waals surface area contributed by atoms with Crippen LogP contribution in [0.3, 0.4) is 0 Å². The molecule has 0 amide bonds. The van der Waals surface area contributed by atoms with Gasteiger partial charge in [-0.3, -0.25) is 0 Å². The molecule has 1 fully saturated rings. The second-order valence-electron chi connectivity index (χ2n) is 12.4. The largest absolute Gasteiger partial charge is 0.207 e. The second-order valence-corrected chi connectivity index (χ2v) is 12.4. The highest BCUT2D eigenvalue weighted by molar-refractivity contribution is 5.24. The summed E-state index contributed by atoms with van der Waals surface area (Å²) in [6.45, 7) is 19.3. The minimum atomic E-state index is -0.736. The number of hydrogen-bond acceptors (Lipinski definition) is 0. The van der Waals surface area contributed by atoms with Crippen LogP contribution in [0.15, 0.2) is 72.8 Å². The molecule has 0 aliphatic heterocycles. The van der Waals surface area contributed by atoms with Crippen LogP contribution in [0.5, 0.6) is 0 Å². The lowest BCUT2D eigenvalue weighted by atomic mass is 9.84. The average molecular weight is 675 g/mol. The van der Waals surface area contributed by atoms with Crippen molar-refractivity contribution in [2.45, 2.75) is 125 Å². The molecule has 0 saturated heterocycles. The normalized spacial score (nSPS) is 13.9. The van der Waals surface area contributed by atoms with E-state index in [9.17, 15) is 17.6 Å². The molecule has 0 aromatic heterocycles. The van der Waals surface area contributed by atoms with Crippen molar-refractivity contribution in [2.24, 2.45) is 11.8 Å². The van der Waals surface area contributed by atoms with Gasteiger partial charge in [0.1, 0.15) is 11.6 Å². The van der Waals surface area contributed by atoms with Crippen LogP contribution >= 0.6 is 0 Å². The Morgan fingerprint density at radius 2 is 0.625 bits per heavy atom. The zero-order valence-corrected chi connectivity index (χ0v) is 28.4. The quantitative estimate of drug-likeness (QED) is 0.163. The molecule has 0 nitrogen and oxygen atoms in total. The molecule has 1 aliphatic rings. The van der Waals surface area contributed by atoms with Gasteiger partial charge in [0.15, 0.2) is 11.6 Å². The fourth-order valence-electron chi connectivity index (χ4n) is 4.20. The summed E-state index contributed by atoms with van der Waals surface area (Å²) in [7, 11) is 0. The van der Waals surface area contributed by atoms with Gasteiger partial charge in [-0.25, -0.2) is 17.6 Å². The number of aryl methyl sites for hydroxylation is 8. The van der Waals surface area contributed by atoms with Crippen molar-refractivity contribution in [1.82, 2.24) is 0 Å². The highest BCUT2D eigenvalue weighted by atomic mass is 19.2. The minimum Gasteiger partial charge on any atom is -0.207 e. The molecule has 5 rings (SSSR count). The van der Waals surface area contributed by atoms with E-state index in [-0.39, 0.29) is 42.8 Å². The van der Waals surface area contributed by atoms with Gasteiger partial charge >= 0.3 is 0 Å². The predicted octanol–water partition coefficient (Wildman–Crippen LogP) is 15.4. The number of benzene rings is 4. The molecule has 0 heterocycles. The maximum Gasteiger partial charge on any atom is 0.161 e. The van der Waals surface area contributed by atoms with Crippen molar-refractivity contribution in [3.63, 3.8) is 0 Å². The number of rotatable bonds is 0. The smallest absolute Gasteiger partial charge is 0.161 e. The van der Waals surface area contributed by atoms with Gasteiger partial charge in [0.25, 0.3) is 0 Å². The molecular formula is C44H70F4. The fraction of sp³-hybridized carbons (Fsp3) is 0.455. The van der Waals surface area contributed by atoms with Gasteiger partial charge in [0.05, 0.1) is 0 Å². The second kappa shape index (κ2) is 26.5. The Morgan fingerprint density at radius 1 is 0.396 bits per heavy atom. The van der Waals surface area contributed by atoms with Gasteiger partial charge in [-0.1, -0.05) is 141 Å². The molecule has 0 unspecified atom stereocenters. The van der Waals surface area contributed by atoms with E-state index >= 15 is 0 Å². The highest BCUT2D eigenvalue weighted by Gasteiger charge is 2.13. The topological polar surface area (TPSA) is 0 Å². The molecule has 0 atom stereocenters. The lowest BCUT2D eigenvalue weighted by molar-refractivity contribution is 0.308. The van der Waals surface area contributed by atoms with Crippen molar-refractivity contribution in [3.05, 3.63) is 141 Å². The van der Waals surface area contributed by atoms with Gasteiger partial charge in [0, 0.05) is 1.43 Å². The standard InChI is InChI=1S/C8H8F2.2C8H9F.C8H16.C8H10.4CH4.H2/c1-5-3-4-6(2)8(10)7(5)9;2*1-6-3-4-7(2)8(9)5-6;2*1-7-3-5-8(2)6-4-7;;;;;/h3-4H,1-2H3;2*3-5H,1-2H3;7-8H,3-6H2,1-2H3;3-6H,1-2H3;4*1H4;1H. The van der Waals surface area contributed by atoms with Crippen molar-refractivity contribution < 1.29 is 19.0 Å². The monoisotopic (exact) mass is 675 g/mol. The Morgan fingerprint density at radius 3 is 0.854 bits per heavy atom. The van der Waals surface area contributed by atoms with Gasteiger partial charge in [-0.05, 0) is 113 Å². The van der Waals surface area contributed by atoms with Crippen LogP contribution in [0.25, 0.3) is 0 Å². The maximum atomic E-state index is 12.6. The average Bonchev–Trinajstić information content (AvgIpc) is 2.98. The van der Waals surface area contributed by atoms with E-state index in [0.29, 0.717) is 22.3 Å². The van der Waals surface area contributed by atoms with Crippen molar-refractivity contribution >= 4 is 0 Å². The van der Waals surface area contributed by atoms with Crippen LogP contribution in [-0.4, -0.2) is 0 Å². The predicted molar refractivity (Wildman–Crippen MR) is 209 cm³/mol. The lowest BCUT2D eigenvalue weighted by Crippen LogP contribution is -2.08. The van der Waals surface area contributed by atoms with Gasteiger partial charge in [0.2, 0.25) is 0 Å². The summed E-state index contributed by atoms with van der Waals surface area (Å²) in [5, 5.41) is 0. The Labute approximate surface area is 295 Å². The van der Waals surface area contributed by atoms with Crippen LogP contribution in [0.1, 0.15) is 115 Å². The van der Waals surface area contributed by atoms with Crippen LogP contribution in [-0.2, 0) is 0 Å². The summed E-state index contributed by atoms with van der Waals surface area (Å²) >= 11 is 0. The molecule has 0 N–H and O–H groups in total. The molecule has 4 heteroatoms. The Bertz CT molecular complexity index is 1300. The van der Waals surface area contributed by atoms with E-state index in [1.54, 1.807) is 38.1 Å². The molecule has 0 bridgehead atoms. The van der Waals surface area contributed by atoms with E-state index in [0.717, 1.165) is 23.0 Å². The van der Waals surface area contributed by atoms with Crippen molar-refractivity contribution in [1.29, 1.82) is 0 Å². The Kier molecular flexibility index (Phi) is 28.4. The number of hydrogen-bond donors (Lipinski definition) is 0. The fourth-order valence-corrected chi connectivity index (χ4v) is 4.20. The highest BCUT2D eigenvalue weighted by Crippen LogP contribution is 2.27. The van der Waals surface area contributed by atoms with Crippen LogP contribution in [0, 0.1) is 90.5 Å². The van der Waals surface area contributed by atoms with Gasteiger partial charge in [-0.2, -0.15) is 0 Å². The van der Waals surface area contributed by atoms with E-state index in [4.69, 9.17) is 0 Å². The first kappa shape index (κ1) is 51.4. The molecule has 0 spiro atoms. The van der Waals surface area contributed by atoms with Crippen LogP contribution in [0.4, 0.5) is 17.6 Å². The third-order valence-electron chi connectivity index (χ3n) is 7.65. The van der Waals surface area contributed by atoms with Crippen LogP contribution < -0.4 is 0 Å². The summed E-state index contributed by atoms with van der Waals surface area (Å²) in [5.41, 5.74) is 6.72. The Hall–Kier alpha value is -3.40. The van der Waals surface area contributed by atoms with Gasteiger partial charge < -0.3 is 0 Å². The third-order valence-corrected chi connectivity index (χ3v) is 7.65. The minimum absolute atomic E-state index is 0. The number of halogens is 4. The van der Waals surface area contributed by atoms with Crippen molar-refractivity contribution in [2.75, 3.05) is 0 Å². The zero-order valence-electron chi connectivity index (χ0n) is 28.4. The molecule has 1 saturated carbocycles. The summed E-state index contributed by atoms with van der Waals surface area (Å²) in [5.74, 6) is 0.336. The summed E-state index contributed by atoms with van der Waals surface area (Å²) in [6.07, 6.45) is 5.89. The Balaban J connectivity index is -0.000000161. The molecule has 274 valence electrons.